The number of hydrogen-bond acceptors (Lipinski definition) is 1. The largest absolute Gasteiger partial charge is 0.478 e. The maximum absolute atomic E-state index is 10.2. The number of carboxylic acids is 1. The van der Waals surface area contributed by atoms with E-state index in [0.29, 0.717) is 5.92 Å². The van der Waals surface area contributed by atoms with E-state index in [-0.39, 0.29) is 0 Å². The fourth-order valence-electron chi connectivity index (χ4n) is 1.12. The van der Waals surface area contributed by atoms with Crippen molar-refractivity contribution in [2.45, 2.75) is 39.5 Å². The molecule has 12 heavy (non-hydrogen) atoms. The first-order valence-electron chi connectivity index (χ1n) is 4.61. The molecular weight excluding hydrogens is 152 g/mol. The third kappa shape index (κ3) is 5.96. The molecule has 0 aliphatic carbocycles. The van der Waals surface area contributed by atoms with Crippen molar-refractivity contribution in [3.8, 4) is 0 Å². The normalized spacial score (nSPS) is 13.5. The summed E-state index contributed by atoms with van der Waals surface area (Å²) in [4.78, 5) is 10.2. The Hall–Kier alpha value is -0.790. The summed E-state index contributed by atoms with van der Waals surface area (Å²) >= 11 is 0. The van der Waals surface area contributed by atoms with Gasteiger partial charge in [-0.3, -0.25) is 0 Å². The molecular formula is C10H18O2. The van der Waals surface area contributed by atoms with Gasteiger partial charge in [0.25, 0.3) is 0 Å². The first-order valence-corrected chi connectivity index (χ1v) is 4.61. The van der Waals surface area contributed by atoms with Crippen LogP contribution in [0.1, 0.15) is 39.5 Å². The topological polar surface area (TPSA) is 37.3 Å². The minimum Gasteiger partial charge on any atom is -0.478 e. The summed E-state index contributed by atoms with van der Waals surface area (Å²) in [5, 5.41) is 8.40. The predicted molar refractivity (Wildman–Crippen MR) is 50.1 cm³/mol. The first kappa shape index (κ1) is 11.2. The van der Waals surface area contributed by atoms with Crippen molar-refractivity contribution < 1.29 is 9.90 Å². The van der Waals surface area contributed by atoms with Gasteiger partial charge in [-0.1, -0.05) is 32.8 Å². The number of allylic oxidation sites excluding steroid dienone is 1. The molecule has 1 N–H and O–H groups in total. The molecule has 0 unspecified atom stereocenters. The molecule has 0 amide bonds. The molecule has 2 heteroatoms. The lowest BCUT2D eigenvalue weighted by Crippen LogP contribution is -1.96. The molecule has 0 saturated heterocycles. The van der Waals surface area contributed by atoms with Crippen LogP contribution in [0.2, 0.25) is 0 Å². The van der Waals surface area contributed by atoms with Crippen molar-refractivity contribution in [1.82, 2.24) is 0 Å². The summed E-state index contributed by atoms with van der Waals surface area (Å²) in [6.07, 6.45) is 7.56. The second-order valence-corrected chi connectivity index (χ2v) is 3.01. The van der Waals surface area contributed by atoms with Crippen LogP contribution in [0.4, 0.5) is 0 Å². The quantitative estimate of drug-likeness (QED) is 0.622. The molecule has 0 heterocycles. The van der Waals surface area contributed by atoms with Crippen LogP contribution in [0.25, 0.3) is 0 Å². The number of carboxylic acid groups (broad SMARTS) is 1. The van der Waals surface area contributed by atoms with E-state index in [4.69, 9.17) is 5.11 Å². The molecule has 70 valence electrons. The van der Waals surface area contributed by atoms with E-state index in [1.54, 1.807) is 6.08 Å². The van der Waals surface area contributed by atoms with Gasteiger partial charge in [0, 0.05) is 6.08 Å². The Balaban J connectivity index is 3.73. The molecule has 0 aliphatic rings. The molecule has 2 nitrogen and oxygen atoms in total. The minimum atomic E-state index is -0.843. The zero-order valence-corrected chi connectivity index (χ0v) is 7.92. The van der Waals surface area contributed by atoms with Crippen LogP contribution in [0, 0.1) is 5.92 Å². The van der Waals surface area contributed by atoms with Crippen LogP contribution in [0.5, 0.6) is 0 Å². The SMILES string of the molecule is CCCC[C@H](/C=C/C(=O)O)CC. The highest BCUT2D eigenvalue weighted by Gasteiger charge is 2.00. The fourth-order valence-corrected chi connectivity index (χ4v) is 1.12. The Bertz CT molecular complexity index is 150. The van der Waals surface area contributed by atoms with E-state index in [1.807, 2.05) is 0 Å². The van der Waals surface area contributed by atoms with Crippen molar-refractivity contribution in [3.63, 3.8) is 0 Å². The van der Waals surface area contributed by atoms with Gasteiger partial charge < -0.3 is 5.11 Å². The highest BCUT2D eigenvalue weighted by atomic mass is 16.4. The van der Waals surface area contributed by atoms with Crippen molar-refractivity contribution in [2.75, 3.05) is 0 Å². The van der Waals surface area contributed by atoms with Gasteiger partial charge in [0.05, 0.1) is 0 Å². The highest BCUT2D eigenvalue weighted by Crippen LogP contribution is 2.13. The summed E-state index contributed by atoms with van der Waals surface area (Å²) in [6, 6.07) is 0. The maximum Gasteiger partial charge on any atom is 0.327 e. The van der Waals surface area contributed by atoms with Gasteiger partial charge in [0.15, 0.2) is 0 Å². The van der Waals surface area contributed by atoms with Crippen molar-refractivity contribution in [1.29, 1.82) is 0 Å². The van der Waals surface area contributed by atoms with Crippen molar-refractivity contribution >= 4 is 5.97 Å². The van der Waals surface area contributed by atoms with Crippen LogP contribution < -0.4 is 0 Å². The Morgan fingerprint density at radius 2 is 2.17 bits per heavy atom. The Kier molecular flexibility index (Phi) is 6.44. The maximum atomic E-state index is 10.2. The zero-order valence-electron chi connectivity index (χ0n) is 7.92. The van der Waals surface area contributed by atoms with Crippen LogP contribution in [0.15, 0.2) is 12.2 Å². The molecule has 0 spiro atoms. The smallest absolute Gasteiger partial charge is 0.327 e. The molecule has 0 aromatic rings. The fraction of sp³-hybridized carbons (Fsp3) is 0.700. The Morgan fingerprint density at radius 3 is 2.58 bits per heavy atom. The Labute approximate surface area is 74.3 Å². The van der Waals surface area contributed by atoms with Crippen LogP contribution in [-0.4, -0.2) is 11.1 Å². The lowest BCUT2D eigenvalue weighted by molar-refractivity contribution is -0.131. The minimum absolute atomic E-state index is 0.445. The first-order chi connectivity index (χ1) is 5.70. The third-order valence-corrected chi connectivity index (χ3v) is 1.96. The molecule has 0 aromatic heterocycles. The number of carbonyl (C=O) groups is 1. The van der Waals surface area contributed by atoms with Crippen molar-refractivity contribution in [2.24, 2.45) is 5.92 Å². The van der Waals surface area contributed by atoms with E-state index in [2.05, 4.69) is 13.8 Å². The van der Waals surface area contributed by atoms with E-state index in [0.717, 1.165) is 12.8 Å². The standard InChI is InChI=1S/C10H18O2/c1-3-5-6-9(4-2)7-8-10(11)12/h7-9H,3-6H2,1-2H3,(H,11,12)/b8-7+/t9-/m1/s1. The van der Waals surface area contributed by atoms with Crippen LogP contribution >= 0.6 is 0 Å². The lowest BCUT2D eigenvalue weighted by atomic mass is 9.99. The molecule has 0 aliphatic heterocycles. The summed E-state index contributed by atoms with van der Waals surface area (Å²) in [6.45, 7) is 4.24. The average Bonchev–Trinajstić information content (AvgIpc) is 2.05. The molecule has 0 saturated carbocycles. The number of rotatable bonds is 6. The van der Waals surface area contributed by atoms with Gasteiger partial charge >= 0.3 is 5.97 Å². The van der Waals surface area contributed by atoms with E-state index < -0.39 is 5.97 Å². The molecule has 0 radical (unpaired) electrons. The van der Waals surface area contributed by atoms with Gasteiger partial charge in [-0.2, -0.15) is 0 Å². The van der Waals surface area contributed by atoms with E-state index >= 15 is 0 Å². The van der Waals surface area contributed by atoms with Gasteiger partial charge in [-0.15, -0.1) is 0 Å². The summed E-state index contributed by atoms with van der Waals surface area (Å²) in [5.41, 5.74) is 0. The monoisotopic (exact) mass is 170 g/mol. The van der Waals surface area contributed by atoms with E-state index in [9.17, 15) is 4.79 Å². The van der Waals surface area contributed by atoms with Gasteiger partial charge in [-0.05, 0) is 18.8 Å². The van der Waals surface area contributed by atoms with Crippen molar-refractivity contribution in [3.05, 3.63) is 12.2 Å². The number of aliphatic carboxylic acids is 1. The number of hydrogen-bond donors (Lipinski definition) is 1. The van der Waals surface area contributed by atoms with Crippen LogP contribution in [0.3, 0.4) is 0 Å². The zero-order chi connectivity index (χ0) is 9.40. The van der Waals surface area contributed by atoms with Crippen LogP contribution in [-0.2, 0) is 4.79 Å². The molecule has 0 rings (SSSR count). The summed E-state index contributed by atoms with van der Waals surface area (Å²) < 4.78 is 0. The van der Waals surface area contributed by atoms with Gasteiger partial charge in [-0.25, -0.2) is 4.79 Å². The second kappa shape index (κ2) is 6.89. The second-order valence-electron chi connectivity index (χ2n) is 3.01. The van der Waals surface area contributed by atoms with Gasteiger partial charge in [0.1, 0.15) is 0 Å². The highest BCUT2D eigenvalue weighted by molar-refractivity contribution is 5.79. The summed E-state index contributed by atoms with van der Waals surface area (Å²) in [7, 11) is 0. The molecule has 0 aromatic carbocycles. The van der Waals surface area contributed by atoms with Gasteiger partial charge in [0.2, 0.25) is 0 Å². The van der Waals surface area contributed by atoms with E-state index in [1.165, 1.54) is 18.9 Å². The molecule has 0 bridgehead atoms. The number of unbranched alkanes of at least 4 members (excludes halogenated alkanes) is 1. The Morgan fingerprint density at radius 1 is 1.50 bits per heavy atom. The molecule has 0 fully saturated rings. The average molecular weight is 170 g/mol. The lowest BCUT2D eigenvalue weighted by Gasteiger charge is -2.07. The predicted octanol–water partition coefficient (Wildman–Crippen LogP) is 2.84. The summed E-state index contributed by atoms with van der Waals surface area (Å²) in [5.74, 6) is -0.397. The molecule has 1 atom stereocenters. The third-order valence-electron chi connectivity index (χ3n) is 1.96.